The van der Waals surface area contributed by atoms with Crippen LogP contribution in [-0.2, 0) is 14.3 Å². The molecule has 0 aliphatic heterocycles. The van der Waals surface area contributed by atoms with Gasteiger partial charge in [0.25, 0.3) is 0 Å². The zero-order valence-electron chi connectivity index (χ0n) is 10.6. The van der Waals surface area contributed by atoms with E-state index in [9.17, 15) is 9.59 Å². The molecular formula is C14H15NO3. The third-order valence-corrected chi connectivity index (χ3v) is 2.24. The summed E-state index contributed by atoms with van der Waals surface area (Å²) in [7, 11) is 1.25. The summed E-state index contributed by atoms with van der Waals surface area (Å²) in [5.41, 5.74) is 1.72. The number of hydrogen-bond acceptors (Lipinski definition) is 4. The smallest absolute Gasteiger partial charge is 0.341 e. The molecule has 0 spiro atoms. The summed E-state index contributed by atoms with van der Waals surface area (Å²) in [5.74, 6) is -0.942. The summed E-state index contributed by atoms with van der Waals surface area (Å²) in [5, 5.41) is 0. The zero-order chi connectivity index (χ0) is 13.5. The molecule has 0 aliphatic rings. The number of rotatable bonds is 4. The lowest BCUT2D eigenvalue weighted by molar-refractivity contribution is -0.137. The maximum atomic E-state index is 11.4. The van der Waals surface area contributed by atoms with E-state index in [0.29, 0.717) is 0 Å². The van der Waals surface area contributed by atoms with E-state index in [1.807, 2.05) is 18.2 Å². The molecule has 0 bridgehead atoms. The van der Waals surface area contributed by atoms with Crippen molar-refractivity contribution >= 4 is 17.8 Å². The molecule has 0 aromatic carbocycles. The van der Waals surface area contributed by atoms with Crippen molar-refractivity contribution in [3.63, 3.8) is 0 Å². The van der Waals surface area contributed by atoms with E-state index in [1.54, 1.807) is 19.3 Å². The van der Waals surface area contributed by atoms with Crippen molar-refractivity contribution in [1.82, 2.24) is 4.98 Å². The van der Waals surface area contributed by atoms with Crippen LogP contribution in [0.15, 0.2) is 41.7 Å². The Kier molecular flexibility index (Phi) is 4.99. The molecule has 0 radical (unpaired) electrons. The van der Waals surface area contributed by atoms with Crippen LogP contribution in [0.1, 0.15) is 19.4 Å². The fourth-order valence-corrected chi connectivity index (χ4v) is 1.41. The number of allylic oxidation sites excluding steroid dienone is 2. The molecule has 94 valence electrons. The second-order valence-corrected chi connectivity index (χ2v) is 3.78. The summed E-state index contributed by atoms with van der Waals surface area (Å²) in [4.78, 5) is 26.7. The quantitative estimate of drug-likeness (QED) is 0.268. The molecule has 1 aromatic heterocycles. The number of esters is 1. The first-order valence-electron chi connectivity index (χ1n) is 5.44. The Morgan fingerprint density at radius 1 is 1.33 bits per heavy atom. The van der Waals surface area contributed by atoms with Crippen LogP contribution in [0.5, 0.6) is 0 Å². The van der Waals surface area contributed by atoms with Gasteiger partial charge >= 0.3 is 5.97 Å². The zero-order valence-corrected chi connectivity index (χ0v) is 10.6. The number of ketones is 1. The number of nitrogens with zero attached hydrogens (tertiary/aromatic N) is 1. The van der Waals surface area contributed by atoms with Crippen LogP contribution in [0.3, 0.4) is 0 Å². The Hall–Kier alpha value is -2.23. The van der Waals surface area contributed by atoms with E-state index >= 15 is 0 Å². The normalized spacial score (nSPS) is 12.2. The Balaban J connectivity index is 3.02. The Morgan fingerprint density at radius 3 is 2.56 bits per heavy atom. The Labute approximate surface area is 106 Å². The topological polar surface area (TPSA) is 56.3 Å². The number of carbonyl (C=O) groups excluding carboxylic acids is 2. The highest BCUT2D eigenvalue weighted by atomic mass is 16.5. The monoisotopic (exact) mass is 245 g/mol. The standard InChI is InChI=1S/C14H15NO3/c1-10(7-12-5-4-6-15-9-12)8-13(11(2)16)14(17)18-3/h4-9H,1-3H3/b10-7+,13-8-. The Morgan fingerprint density at radius 2 is 2.06 bits per heavy atom. The highest BCUT2D eigenvalue weighted by Crippen LogP contribution is 2.10. The molecule has 1 rings (SSSR count). The summed E-state index contributed by atoms with van der Waals surface area (Å²) in [6.45, 7) is 3.14. The Bertz CT molecular complexity index is 501. The number of Topliss-reactive ketones (excluding diaryl/α,β-unsaturated/α-hetero) is 1. The van der Waals surface area contributed by atoms with Gasteiger partial charge in [-0.25, -0.2) is 4.79 Å². The fourth-order valence-electron chi connectivity index (χ4n) is 1.41. The van der Waals surface area contributed by atoms with Gasteiger partial charge in [0.15, 0.2) is 5.78 Å². The number of carbonyl (C=O) groups is 2. The van der Waals surface area contributed by atoms with Crippen molar-refractivity contribution in [2.45, 2.75) is 13.8 Å². The van der Waals surface area contributed by atoms with Crippen molar-refractivity contribution in [3.8, 4) is 0 Å². The maximum absolute atomic E-state index is 11.4. The molecule has 1 aromatic rings. The average Bonchev–Trinajstić information content (AvgIpc) is 2.36. The number of hydrogen-bond donors (Lipinski definition) is 0. The fraction of sp³-hybridized carbons (Fsp3) is 0.214. The highest BCUT2D eigenvalue weighted by molar-refractivity contribution is 6.16. The minimum Gasteiger partial charge on any atom is -0.465 e. The first kappa shape index (κ1) is 13.8. The van der Waals surface area contributed by atoms with E-state index in [1.165, 1.54) is 20.1 Å². The predicted octanol–water partition coefficient (Wildman–Crippen LogP) is 2.17. The van der Waals surface area contributed by atoms with E-state index in [0.717, 1.165) is 11.1 Å². The van der Waals surface area contributed by atoms with Crippen LogP contribution in [0.4, 0.5) is 0 Å². The van der Waals surface area contributed by atoms with Gasteiger partial charge in [-0.05, 0) is 37.1 Å². The summed E-state index contributed by atoms with van der Waals surface area (Å²) in [6.07, 6.45) is 6.72. The largest absolute Gasteiger partial charge is 0.465 e. The molecule has 1 heterocycles. The molecule has 0 saturated heterocycles. The van der Waals surface area contributed by atoms with Gasteiger partial charge in [-0.1, -0.05) is 12.1 Å². The minimum atomic E-state index is -0.624. The molecule has 0 fully saturated rings. The molecule has 4 nitrogen and oxygen atoms in total. The molecule has 0 aliphatic carbocycles. The van der Waals surface area contributed by atoms with Gasteiger partial charge in [-0.3, -0.25) is 9.78 Å². The second kappa shape index (κ2) is 6.49. The second-order valence-electron chi connectivity index (χ2n) is 3.78. The van der Waals surface area contributed by atoms with Crippen molar-refractivity contribution in [3.05, 3.63) is 47.3 Å². The van der Waals surface area contributed by atoms with Crippen LogP contribution < -0.4 is 0 Å². The average molecular weight is 245 g/mol. The third kappa shape index (κ3) is 3.97. The number of pyridine rings is 1. The third-order valence-electron chi connectivity index (χ3n) is 2.24. The van der Waals surface area contributed by atoms with Crippen LogP contribution in [0, 0.1) is 0 Å². The predicted molar refractivity (Wildman–Crippen MR) is 68.7 cm³/mol. The van der Waals surface area contributed by atoms with Crippen LogP contribution in [-0.4, -0.2) is 23.8 Å². The van der Waals surface area contributed by atoms with Crippen molar-refractivity contribution in [2.75, 3.05) is 7.11 Å². The van der Waals surface area contributed by atoms with Gasteiger partial charge in [0.05, 0.1) is 7.11 Å². The molecule has 0 unspecified atom stereocenters. The molecule has 18 heavy (non-hydrogen) atoms. The summed E-state index contributed by atoms with van der Waals surface area (Å²) < 4.78 is 4.56. The van der Waals surface area contributed by atoms with Gasteiger partial charge < -0.3 is 4.74 Å². The van der Waals surface area contributed by atoms with Gasteiger partial charge in [0, 0.05) is 12.4 Å². The van der Waals surface area contributed by atoms with E-state index in [4.69, 9.17) is 0 Å². The van der Waals surface area contributed by atoms with Crippen molar-refractivity contribution in [2.24, 2.45) is 0 Å². The van der Waals surface area contributed by atoms with Crippen molar-refractivity contribution in [1.29, 1.82) is 0 Å². The SMILES string of the molecule is COC(=O)/C(=C\C(C)=C\c1cccnc1)C(C)=O. The molecular weight excluding hydrogens is 230 g/mol. The van der Waals surface area contributed by atoms with E-state index in [-0.39, 0.29) is 11.4 Å². The van der Waals surface area contributed by atoms with Gasteiger partial charge in [0.2, 0.25) is 0 Å². The summed E-state index contributed by atoms with van der Waals surface area (Å²) >= 11 is 0. The lowest BCUT2D eigenvalue weighted by Crippen LogP contribution is -2.11. The summed E-state index contributed by atoms with van der Waals surface area (Å²) in [6, 6.07) is 3.70. The van der Waals surface area contributed by atoms with Crippen LogP contribution in [0.2, 0.25) is 0 Å². The number of ether oxygens (including phenoxy) is 1. The van der Waals surface area contributed by atoms with E-state index in [2.05, 4.69) is 9.72 Å². The highest BCUT2D eigenvalue weighted by Gasteiger charge is 2.14. The van der Waals surface area contributed by atoms with Gasteiger partial charge in [0.1, 0.15) is 5.57 Å². The lowest BCUT2D eigenvalue weighted by Gasteiger charge is -2.01. The van der Waals surface area contributed by atoms with Crippen molar-refractivity contribution < 1.29 is 14.3 Å². The lowest BCUT2D eigenvalue weighted by atomic mass is 10.1. The first-order chi connectivity index (χ1) is 8.54. The minimum absolute atomic E-state index is 0.0372. The van der Waals surface area contributed by atoms with Crippen LogP contribution in [0.25, 0.3) is 6.08 Å². The van der Waals surface area contributed by atoms with Crippen LogP contribution >= 0.6 is 0 Å². The van der Waals surface area contributed by atoms with Gasteiger partial charge in [-0.15, -0.1) is 0 Å². The maximum Gasteiger partial charge on any atom is 0.341 e. The first-order valence-corrected chi connectivity index (χ1v) is 5.44. The molecule has 0 atom stereocenters. The van der Waals surface area contributed by atoms with E-state index < -0.39 is 5.97 Å². The van der Waals surface area contributed by atoms with Gasteiger partial charge in [-0.2, -0.15) is 0 Å². The number of aromatic nitrogens is 1. The molecule has 4 heteroatoms. The molecule has 0 N–H and O–H groups in total. The molecule has 0 saturated carbocycles. The number of methoxy groups -OCH3 is 1. The molecule has 0 amide bonds.